The number of benzene rings is 1. The van der Waals surface area contributed by atoms with Gasteiger partial charge in [0.1, 0.15) is 5.82 Å². The van der Waals surface area contributed by atoms with Crippen LogP contribution in [0.3, 0.4) is 0 Å². The highest BCUT2D eigenvalue weighted by molar-refractivity contribution is 7.99. The van der Waals surface area contributed by atoms with Crippen molar-refractivity contribution < 1.29 is 9.59 Å². The second kappa shape index (κ2) is 7.17. The maximum Gasteiger partial charge on any atom is 0.219 e. The van der Waals surface area contributed by atoms with Gasteiger partial charge in [-0.2, -0.15) is 0 Å². The number of hydrogen-bond donors (Lipinski definition) is 1. The van der Waals surface area contributed by atoms with E-state index >= 15 is 0 Å². The number of rotatable bonds is 8. The lowest BCUT2D eigenvalue weighted by atomic mass is 10.1. The summed E-state index contributed by atoms with van der Waals surface area (Å²) in [6.45, 7) is 2.46. The number of primary amides is 1. The topological polar surface area (TPSA) is 90.9 Å². The van der Waals surface area contributed by atoms with E-state index in [9.17, 15) is 9.59 Å². The molecule has 0 saturated heterocycles. The minimum Gasteiger partial charge on any atom is -0.370 e. The van der Waals surface area contributed by atoms with Crippen molar-refractivity contribution in [2.24, 2.45) is 5.73 Å². The van der Waals surface area contributed by atoms with Gasteiger partial charge >= 0.3 is 0 Å². The monoisotopic (exact) mass is 344 g/mol. The summed E-state index contributed by atoms with van der Waals surface area (Å²) in [5, 5.41) is 9.13. The van der Waals surface area contributed by atoms with Gasteiger partial charge in [0.25, 0.3) is 0 Å². The Kier molecular flexibility index (Phi) is 4.99. The Morgan fingerprint density at radius 1 is 1.25 bits per heavy atom. The van der Waals surface area contributed by atoms with Crippen molar-refractivity contribution >= 4 is 23.5 Å². The van der Waals surface area contributed by atoms with Crippen molar-refractivity contribution in [2.45, 2.75) is 43.8 Å². The molecule has 0 spiro atoms. The Morgan fingerprint density at radius 2 is 1.96 bits per heavy atom. The minimum absolute atomic E-state index is 0.0532. The largest absolute Gasteiger partial charge is 0.370 e. The molecule has 0 atom stereocenters. The molecule has 1 aromatic heterocycles. The molecule has 0 radical (unpaired) electrons. The van der Waals surface area contributed by atoms with Crippen LogP contribution < -0.4 is 5.73 Å². The van der Waals surface area contributed by atoms with Gasteiger partial charge in [-0.3, -0.25) is 9.59 Å². The third kappa shape index (κ3) is 4.03. The highest BCUT2D eigenvalue weighted by Crippen LogP contribution is 2.40. The van der Waals surface area contributed by atoms with Crippen LogP contribution in [0.2, 0.25) is 0 Å². The number of carbonyl (C=O) groups is 2. The predicted octanol–water partition coefficient (Wildman–Crippen LogP) is 2.31. The summed E-state index contributed by atoms with van der Waals surface area (Å²) < 4.78 is 1.94. The van der Waals surface area contributed by atoms with Gasteiger partial charge in [-0.15, -0.1) is 10.2 Å². The van der Waals surface area contributed by atoms with E-state index in [1.54, 1.807) is 0 Å². The van der Waals surface area contributed by atoms with Gasteiger partial charge < -0.3 is 10.3 Å². The molecule has 1 fully saturated rings. The molecule has 1 saturated carbocycles. The Balaban J connectivity index is 1.68. The van der Waals surface area contributed by atoms with Crippen LogP contribution in [0.25, 0.3) is 0 Å². The van der Waals surface area contributed by atoms with Crippen molar-refractivity contribution in [2.75, 3.05) is 5.75 Å². The molecule has 0 bridgehead atoms. The fraction of sp³-hybridized carbons (Fsp3) is 0.412. The number of amides is 1. The van der Waals surface area contributed by atoms with E-state index in [4.69, 9.17) is 5.73 Å². The lowest BCUT2D eigenvalue weighted by Crippen LogP contribution is -2.16. The number of aromatic nitrogens is 3. The van der Waals surface area contributed by atoms with Gasteiger partial charge in [-0.05, 0) is 19.8 Å². The number of nitrogens with zero attached hydrogens (tertiary/aromatic N) is 3. The van der Waals surface area contributed by atoms with Gasteiger partial charge in [-0.1, -0.05) is 41.6 Å². The lowest BCUT2D eigenvalue weighted by Gasteiger charge is -2.08. The van der Waals surface area contributed by atoms with E-state index in [1.165, 1.54) is 11.8 Å². The zero-order valence-electron chi connectivity index (χ0n) is 13.6. The van der Waals surface area contributed by atoms with Gasteiger partial charge in [0.05, 0.1) is 5.75 Å². The molecule has 7 heteroatoms. The maximum atomic E-state index is 12.3. The molecule has 1 amide bonds. The minimum atomic E-state index is -0.350. The molecule has 1 aliphatic rings. The molecule has 2 N–H and O–H groups in total. The summed E-state index contributed by atoms with van der Waals surface area (Å²) >= 11 is 1.36. The average molecular weight is 344 g/mol. The third-order valence-electron chi connectivity index (χ3n) is 3.98. The second-order valence-electron chi connectivity index (χ2n) is 6.06. The molecule has 1 heterocycles. The molecule has 0 unspecified atom stereocenters. The molecule has 126 valence electrons. The predicted molar refractivity (Wildman–Crippen MR) is 92.0 cm³/mol. The number of nitrogens with two attached hydrogens (primary N) is 1. The zero-order valence-corrected chi connectivity index (χ0v) is 14.4. The third-order valence-corrected chi connectivity index (χ3v) is 4.94. The van der Waals surface area contributed by atoms with E-state index < -0.39 is 0 Å². The van der Waals surface area contributed by atoms with Gasteiger partial charge in [-0.25, -0.2) is 0 Å². The molecule has 0 aliphatic heterocycles. The standard InChI is InChI=1S/C17H20N4O2S/c1-11-2-4-12(5-3-11)14(22)10-24-17-20-19-16(13-6-7-13)21(17)9-8-15(18)23/h2-5,13H,6-10H2,1H3,(H2,18,23). The Hall–Kier alpha value is -2.15. The smallest absolute Gasteiger partial charge is 0.219 e. The van der Waals surface area contributed by atoms with Crippen LogP contribution in [0, 0.1) is 6.92 Å². The molecule has 6 nitrogen and oxygen atoms in total. The maximum absolute atomic E-state index is 12.3. The van der Waals surface area contributed by atoms with Crippen LogP contribution in [0.15, 0.2) is 29.4 Å². The first-order valence-electron chi connectivity index (χ1n) is 7.98. The number of ketones is 1. The molecule has 1 aromatic carbocycles. The van der Waals surface area contributed by atoms with Gasteiger partial charge in [0.2, 0.25) is 5.91 Å². The van der Waals surface area contributed by atoms with Crippen molar-refractivity contribution in [1.82, 2.24) is 14.8 Å². The number of hydrogen-bond acceptors (Lipinski definition) is 5. The quantitative estimate of drug-likeness (QED) is 0.586. The average Bonchev–Trinajstić information content (AvgIpc) is 3.32. The first-order valence-corrected chi connectivity index (χ1v) is 8.97. The fourth-order valence-corrected chi connectivity index (χ4v) is 3.30. The molecular formula is C17H20N4O2S. The van der Waals surface area contributed by atoms with Crippen LogP contribution in [-0.4, -0.2) is 32.2 Å². The number of aryl methyl sites for hydroxylation is 1. The summed E-state index contributed by atoms with van der Waals surface area (Å²) in [4.78, 5) is 23.4. The summed E-state index contributed by atoms with van der Waals surface area (Å²) in [5.74, 6) is 1.33. The van der Waals surface area contributed by atoms with E-state index in [0.29, 0.717) is 28.9 Å². The van der Waals surface area contributed by atoms with Crippen molar-refractivity contribution in [1.29, 1.82) is 0 Å². The Morgan fingerprint density at radius 3 is 2.58 bits per heavy atom. The Bertz CT molecular complexity index is 750. The summed E-state index contributed by atoms with van der Waals surface area (Å²) in [7, 11) is 0. The number of Topliss-reactive ketones (excluding diaryl/α,β-unsaturated/α-hetero) is 1. The van der Waals surface area contributed by atoms with Gasteiger partial charge in [0, 0.05) is 24.4 Å². The van der Waals surface area contributed by atoms with Crippen LogP contribution in [0.1, 0.15) is 46.9 Å². The molecule has 24 heavy (non-hydrogen) atoms. The Labute approximate surface area is 144 Å². The highest BCUT2D eigenvalue weighted by Gasteiger charge is 2.30. The number of thioether (sulfide) groups is 1. The first-order chi connectivity index (χ1) is 11.5. The highest BCUT2D eigenvalue weighted by atomic mass is 32.2. The zero-order chi connectivity index (χ0) is 17.1. The SMILES string of the molecule is Cc1ccc(C(=O)CSc2nnc(C3CC3)n2CCC(N)=O)cc1. The molecule has 2 aromatic rings. The van der Waals surface area contributed by atoms with E-state index in [2.05, 4.69) is 10.2 Å². The van der Waals surface area contributed by atoms with Gasteiger partial charge in [0.15, 0.2) is 10.9 Å². The van der Waals surface area contributed by atoms with Crippen LogP contribution in [0.4, 0.5) is 0 Å². The van der Waals surface area contributed by atoms with E-state index in [0.717, 1.165) is 24.2 Å². The fourth-order valence-electron chi connectivity index (χ4n) is 2.44. The summed E-state index contributed by atoms with van der Waals surface area (Å²) in [6.07, 6.45) is 2.45. The van der Waals surface area contributed by atoms with Crippen molar-refractivity contribution in [3.8, 4) is 0 Å². The van der Waals surface area contributed by atoms with E-state index in [1.807, 2.05) is 35.8 Å². The van der Waals surface area contributed by atoms with Crippen molar-refractivity contribution in [3.05, 3.63) is 41.2 Å². The van der Waals surface area contributed by atoms with Crippen molar-refractivity contribution in [3.63, 3.8) is 0 Å². The first kappa shape index (κ1) is 16.7. The molecule has 1 aliphatic carbocycles. The lowest BCUT2D eigenvalue weighted by molar-refractivity contribution is -0.118. The summed E-state index contributed by atoms with van der Waals surface area (Å²) in [6, 6.07) is 7.54. The molecular weight excluding hydrogens is 324 g/mol. The summed E-state index contributed by atoms with van der Waals surface area (Å²) in [5.41, 5.74) is 7.08. The van der Waals surface area contributed by atoms with Crippen LogP contribution in [0.5, 0.6) is 0 Å². The normalized spacial score (nSPS) is 13.9. The van der Waals surface area contributed by atoms with E-state index in [-0.39, 0.29) is 18.1 Å². The number of carbonyl (C=O) groups excluding carboxylic acids is 2. The second-order valence-corrected chi connectivity index (χ2v) is 7.00. The molecule has 3 rings (SSSR count). The van der Waals surface area contributed by atoms with Crippen LogP contribution in [-0.2, 0) is 11.3 Å². The van der Waals surface area contributed by atoms with Crippen LogP contribution >= 0.6 is 11.8 Å².